The Morgan fingerprint density at radius 3 is 2.38 bits per heavy atom. The van der Waals surface area contributed by atoms with Crippen LogP contribution in [0.15, 0.2) is 0 Å². The van der Waals surface area contributed by atoms with Crippen molar-refractivity contribution in [1.29, 1.82) is 0 Å². The highest BCUT2D eigenvalue weighted by Gasteiger charge is 2.11. The molecule has 3 nitrogen and oxygen atoms in total. The van der Waals surface area contributed by atoms with Crippen molar-refractivity contribution >= 4 is 17.4 Å². The third-order valence-corrected chi connectivity index (χ3v) is 2.54. The van der Waals surface area contributed by atoms with E-state index in [-0.39, 0.29) is 0 Å². The van der Waals surface area contributed by atoms with E-state index in [1.54, 1.807) is 11.8 Å². The van der Waals surface area contributed by atoms with Crippen molar-refractivity contribution in [3.63, 3.8) is 0 Å². The van der Waals surface area contributed by atoms with E-state index in [1.165, 1.54) is 11.4 Å². The predicted molar refractivity (Wildman–Crippen MR) is 59.5 cm³/mol. The standard InChI is InChI=1S/C9H17N3S/c1-7-9(11(3)4)8(2)12(10-7)6-13-5/h6H2,1-5H3. The van der Waals surface area contributed by atoms with Crippen LogP contribution < -0.4 is 4.90 Å². The largest absolute Gasteiger partial charge is 0.375 e. The van der Waals surface area contributed by atoms with Crippen molar-refractivity contribution in [3.8, 4) is 0 Å². The van der Waals surface area contributed by atoms with Gasteiger partial charge in [0.15, 0.2) is 0 Å². The summed E-state index contributed by atoms with van der Waals surface area (Å²) >= 11 is 1.78. The van der Waals surface area contributed by atoms with Crippen LogP contribution in [0.1, 0.15) is 11.4 Å². The molecule has 0 aromatic carbocycles. The summed E-state index contributed by atoms with van der Waals surface area (Å²) in [5, 5.41) is 4.48. The molecule has 0 radical (unpaired) electrons. The number of aryl methyl sites for hydroxylation is 1. The Labute approximate surface area is 84.1 Å². The highest BCUT2D eigenvalue weighted by molar-refractivity contribution is 7.97. The lowest BCUT2D eigenvalue weighted by Gasteiger charge is -2.12. The van der Waals surface area contributed by atoms with E-state index in [0.717, 1.165) is 11.6 Å². The Bertz CT molecular complexity index is 291. The maximum Gasteiger partial charge on any atom is 0.0864 e. The van der Waals surface area contributed by atoms with Gasteiger partial charge in [0.05, 0.1) is 23.0 Å². The summed E-state index contributed by atoms with van der Waals surface area (Å²) < 4.78 is 2.05. The molecule has 74 valence electrons. The summed E-state index contributed by atoms with van der Waals surface area (Å²) in [5.74, 6) is 0.931. The van der Waals surface area contributed by atoms with Crippen molar-refractivity contribution in [2.75, 3.05) is 25.3 Å². The van der Waals surface area contributed by atoms with Gasteiger partial charge in [-0.05, 0) is 20.1 Å². The molecule has 0 spiro atoms. The molecular formula is C9H17N3S. The van der Waals surface area contributed by atoms with Gasteiger partial charge in [-0.15, -0.1) is 11.8 Å². The van der Waals surface area contributed by atoms with Crippen LogP contribution in [-0.2, 0) is 5.88 Å². The van der Waals surface area contributed by atoms with Crippen molar-refractivity contribution in [2.24, 2.45) is 0 Å². The molecule has 1 heterocycles. The Hall–Kier alpha value is -0.640. The minimum atomic E-state index is 0.931. The minimum absolute atomic E-state index is 0.931. The molecule has 1 aromatic rings. The first-order valence-electron chi connectivity index (χ1n) is 4.28. The van der Waals surface area contributed by atoms with Crippen molar-refractivity contribution in [3.05, 3.63) is 11.4 Å². The molecule has 0 N–H and O–H groups in total. The Morgan fingerprint density at radius 1 is 1.38 bits per heavy atom. The normalized spacial score (nSPS) is 10.5. The summed E-state index contributed by atoms with van der Waals surface area (Å²) in [4.78, 5) is 2.12. The average molecular weight is 199 g/mol. The summed E-state index contributed by atoms with van der Waals surface area (Å²) in [6.45, 7) is 4.17. The predicted octanol–water partition coefficient (Wildman–Crippen LogP) is 1.89. The molecule has 0 unspecified atom stereocenters. The van der Waals surface area contributed by atoms with Crippen molar-refractivity contribution in [2.45, 2.75) is 19.7 Å². The monoisotopic (exact) mass is 199 g/mol. The summed E-state index contributed by atoms with van der Waals surface area (Å²) in [6, 6.07) is 0. The van der Waals surface area contributed by atoms with Gasteiger partial charge in [-0.1, -0.05) is 0 Å². The highest BCUT2D eigenvalue weighted by Crippen LogP contribution is 2.22. The first kappa shape index (κ1) is 10.4. The van der Waals surface area contributed by atoms with Gasteiger partial charge in [0.1, 0.15) is 0 Å². The SMILES string of the molecule is CSCn1nc(C)c(N(C)C)c1C. The Morgan fingerprint density at radius 2 is 2.00 bits per heavy atom. The quantitative estimate of drug-likeness (QED) is 0.741. The van der Waals surface area contributed by atoms with E-state index in [9.17, 15) is 0 Å². The molecular weight excluding hydrogens is 182 g/mol. The minimum Gasteiger partial charge on any atom is -0.375 e. The number of thioether (sulfide) groups is 1. The van der Waals surface area contributed by atoms with Gasteiger partial charge in [-0.2, -0.15) is 5.10 Å². The number of nitrogens with zero attached hydrogens (tertiary/aromatic N) is 3. The summed E-state index contributed by atoms with van der Waals surface area (Å²) in [6.07, 6.45) is 2.09. The fourth-order valence-corrected chi connectivity index (χ4v) is 2.08. The molecule has 0 aliphatic carbocycles. The van der Waals surface area contributed by atoms with Crippen LogP contribution in [0.2, 0.25) is 0 Å². The number of aromatic nitrogens is 2. The zero-order valence-electron chi connectivity index (χ0n) is 8.96. The molecule has 0 bridgehead atoms. The van der Waals surface area contributed by atoms with E-state index in [0.29, 0.717) is 0 Å². The van der Waals surface area contributed by atoms with Gasteiger partial charge in [0.25, 0.3) is 0 Å². The molecule has 0 saturated carbocycles. The second-order valence-corrected chi connectivity index (χ2v) is 4.17. The lowest BCUT2D eigenvalue weighted by molar-refractivity contribution is 0.717. The first-order chi connectivity index (χ1) is 6.07. The Balaban J connectivity index is 3.07. The van der Waals surface area contributed by atoms with Crippen LogP contribution in [0.4, 0.5) is 5.69 Å². The van der Waals surface area contributed by atoms with Gasteiger partial charge >= 0.3 is 0 Å². The van der Waals surface area contributed by atoms with E-state index in [1.807, 2.05) is 0 Å². The number of anilines is 1. The van der Waals surface area contributed by atoms with Gasteiger partial charge in [0, 0.05) is 14.1 Å². The lowest BCUT2D eigenvalue weighted by atomic mass is 10.3. The molecule has 13 heavy (non-hydrogen) atoms. The number of rotatable bonds is 3. The molecule has 0 aliphatic rings. The van der Waals surface area contributed by atoms with Crippen molar-refractivity contribution < 1.29 is 0 Å². The second-order valence-electron chi connectivity index (χ2n) is 3.33. The molecule has 1 aromatic heterocycles. The fraction of sp³-hybridized carbons (Fsp3) is 0.667. The van der Waals surface area contributed by atoms with E-state index < -0.39 is 0 Å². The van der Waals surface area contributed by atoms with Crippen molar-refractivity contribution in [1.82, 2.24) is 9.78 Å². The second kappa shape index (κ2) is 4.05. The topological polar surface area (TPSA) is 21.1 Å². The van der Waals surface area contributed by atoms with Crippen LogP contribution in [0.25, 0.3) is 0 Å². The maximum absolute atomic E-state index is 4.48. The molecule has 4 heteroatoms. The van der Waals surface area contributed by atoms with Crippen LogP contribution in [0, 0.1) is 13.8 Å². The first-order valence-corrected chi connectivity index (χ1v) is 5.67. The maximum atomic E-state index is 4.48. The van der Waals surface area contributed by atoms with Crippen LogP contribution >= 0.6 is 11.8 Å². The molecule has 0 amide bonds. The van der Waals surface area contributed by atoms with E-state index in [2.05, 4.69) is 48.9 Å². The fourth-order valence-electron chi connectivity index (χ4n) is 1.58. The number of hydrogen-bond acceptors (Lipinski definition) is 3. The van der Waals surface area contributed by atoms with Crippen LogP contribution in [0.5, 0.6) is 0 Å². The van der Waals surface area contributed by atoms with Crippen LogP contribution in [0.3, 0.4) is 0 Å². The molecule has 1 rings (SSSR count). The molecule has 0 aliphatic heterocycles. The smallest absolute Gasteiger partial charge is 0.0864 e. The number of hydrogen-bond donors (Lipinski definition) is 0. The zero-order chi connectivity index (χ0) is 10.0. The third-order valence-electron chi connectivity index (χ3n) is 2.04. The van der Waals surface area contributed by atoms with Gasteiger partial charge in [-0.25, -0.2) is 0 Å². The third kappa shape index (κ3) is 1.99. The highest BCUT2D eigenvalue weighted by atomic mass is 32.2. The van der Waals surface area contributed by atoms with Gasteiger partial charge in [0.2, 0.25) is 0 Å². The molecule has 0 fully saturated rings. The molecule has 0 atom stereocenters. The Kier molecular flexibility index (Phi) is 3.25. The summed E-state index contributed by atoms with van der Waals surface area (Å²) in [7, 11) is 4.11. The lowest BCUT2D eigenvalue weighted by Crippen LogP contribution is -2.10. The average Bonchev–Trinajstić information content (AvgIpc) is 2.28. The van der Waals surface area contributed by atoms with E-state index in [4.69, 9.17) is 0 Å². The van der Waals surface area contributed by atoms with Crippen LogP contribution in [-0.4, -0.2) is 30.1 Å². The molecule has 0 saturated heterocycles. The summed E-state index contributed by atoms with van der Waals surface area (Å²) in [5.41, 5.74) is 3.60. The van der Waals surface area contributed by atoms with Gasteiger partial charge in [-0.3, -0.25) is 4.68 Å². The van der Waals surface area contributed by atoms with E-state index >= 15 is 0 Å². The zero-order valence-corrected chi connectivity index (χ0v) is 9.77. The van der Waals surface area contributed by atoms with Gasteiger partial charge < -0.3 is 4.90 Å².